The van der Waals surface area contributed by atoms with E-state index in [1.807, 2.05) is 6.92 Å². The molecule has 0 radical (unpaired) electrons. The Kier molecular flexibility index (Phi) is 6.95. The van der Waals surface area contributed by atoms with Gasteiger partial charge in [-0.25, -0.2) is 4.79 Å². The third kappa shape index (κ3) is 4.59. The third-order valence-electron chi connectivity index (χ3n) is 4.59. The second-order valence-corrected chi connectivity index (χ2v) is 5.72. The first-order valence-electron chi connectivity index (χ1n) is 7.97. The van der Waals surface area contributed by atoms with E-state index in [9.17, 15) is 14.7 Å². The predicted octanol–water partition coefficient (Wildman–Crippen LogP) is 1.61. The summed E-state index contributed by atoms with van der Waals surface area (Å²) in [6.07, 6.45) is 2.03. The number of hydrogen-bond donors (Lipinski definition) is 2. The number of carboxylic acids is 1. The second-order valence-electron chi connectivity index (χ2n) is 5.72. The van der Waals surface area contributed by atoms with Crippen LogP contribution in [0.1, 0.15) is 40.0 Å². The van der Waals surface area contributed by atoms with Gasteiger partial charge in [-0.05, 0) is 38.9 Å². The van der Waals surface area contributed by atoms with Crippen molar-refractivity contribution in [1.29, 1.82) is 0 Å². The van der Waals surface area contributed by atoms with E-state index in [-0.39, 0.29) is 6.03 Å². The number of carbonyl (C=O) groups is 2. The molecule has 0 bridgehead atoms. The standard InChI is InChI=1S/C15H29N3O3/c1-4-15(13(19)20)8-11-18(12-15)14(21)16-9-7-10-17(5-2)6-3/h4-12H2,1-3H3,(H,16,21)(H,19,20). The fourth-order valence-corrected chi connectivity index (χ4v) is 2.81. The minimum absolute atomic E-state index is 0.133. The molecule has 0 saturated carbocycles. The molecule has 0 aromatic heterocycles. The lowest BCUT2D eigenvalue weighted by atomic mass is 9.84. The number of carboxylic acid groups (broad SMARTS) is 1. The van der Waals surface area contributed by atoms with Gasteiger partial charge in [0.15, 0.2) is 0 Å². The van der Waals surface area contributed by atoms with E-state index < -0.39 is 11.4 Å². The van der Waals surface area contributed by atoms with Crippen LogP contribution >= 0.6 is 0 Å². The molecule has 21 heavy (non-hydrogen) atoms. The SMILES string of the molecule is CCN(CC)CCCNC(=O)N1CCC(CC)(C(=O)O)C1. The van der Waals surface area contributed by atoms with Crippen LogP contribution in [0.15, 0.2) is 0 Å². The van der Waals surface area contributed by atoms with Gasteiger partial charge in [0.25, 0.3) is 0 Å². The summed E-state index contributed by atoms with van der Waals surface area (Å²) in [7, 11) is 0. The Morgan fingerprint density at radius 1 is 1.29 bits per heavy atom. The number of nitrogens with one attached hydrogen (secondary N) is 1. The van der Waals surface area contributed by atoms with Crippen molar-refractivity contribution in [3.05, 3.63) is 0 Å². The van der Waals surface area contributed by atoms with Crippen molar-refractivity contribution in [2.45, 2.75) is 40.0 Å². The van der Waals surface area contributed by atoms with Gasteiger partial charge in [0.2, 0.25) is 0 Å². The summed E-state index contributed by atoms with van der Waals surface area (Å²) < 4.78 is 0. The van der Waals surface area contributed by atoms with Crippen molar-refractivity contribution >= 4 is 12.0 Å². The molecule has 0 spiro atoms. The Balaban J connectivity index is 2.33. The lowest BCUT2D eigenvalue weighted by Gasteiger charge is -2.23. The van der Waals surface area contributed by atoms with Gasteiger partial charge in [0.1, 0.15) is 0 Å². The van der Waals surface area contributed by atoms with Crippen molar-refractivity contribution in [3.8, 4) is 0 Å². The third-order valence-corrected chi connectivity index (χ3v) is 4.59. The quantitative estimate of drug-likeness (QED) is 0.668. The summed E-state index contributed by atoms with van der Waals surface area (Å²) in [6, 6.07) is -0.133. The zero-order chi connectivity index (χ0) is 15.9. The monoisotopic (exact) mass is 299 g/mol. The van der Waals surface area contributed by atoms with Crippen molar-refractivity contribution in [2.75, 3.05) is 39.3 Å². The number of amides is 2. The molecule has 2 N–H and O–H groups in total. The Morgan fingerprint density at radius 3 is 2.43 bits per heavy atom. The van der Waals surface area contributed by atoms with E-state index in [4.69, 9.17) is 0 Å². The molecule has 1 aliphatic heterocycles. The summed E-state index contributed by atoms with van der Waals surface area (Å²) in [6.45, 7) is 10.6. The lowest BCUT2D eigenvalue weighted by molar-refractivity contribution is -0.148. The molecule has 1 aliphatic rings. The predicted molar refractivity (Wildman–Crippen MR) is 82.4 cm³/mol. The van der Waals surface area contributed by atoms with Crippen LogP contribution in [0.3, 0.4) is 0 Å². The molecule has 0 aliphatic carbocycles. The maximum atomic E-state index is 12.1. The van der Waals surface area contributed by atoms with Crippen LogP contribution in [-0.2, 0) is 4.79 Å². The molecule has 0 aromatic rings. The van der Waals surface area contributed by atoms with Gasteiger partial charge in [-0.2, -0.15) is 0 Å². The van der Waals surface area contributed by atoms with E-state index in [1.54, 1.807) is 4.90 Å². The molecule has 0 aromatic carbocycles. The van der Waals surface area contributed by atoms with E-state index in [0.29, 0.717) is 32.5 Å². The fourth-order valence-electron chi connectivity index (χ4n) is 2.81. The van der Waals surface area contributed by atoms with Crippen LogP contribution < -0.4 is 5.32 Å². The van der Waals surface area contributed by atoms with Gasteiger partial charge in [0, 0.05) is 19.6 Å². The van der Waals surface area contributed by atoms with Crippen LogP contribution in [-0.4, -0.2) is 66.2 Å². The molecular formula is C15H29N3O3. The van der Waals surface area contributed by atoms with Crippen LogP contribution in [0, 0.1) is 5.41 Å². The Labute approximate surface area is 127 Å². The van der Waals surface area contributed by atoms with Crippen molar-refractivity contribution in [3.63, 3.8) is 0 Å². The zero-order valence-corrected chi connectivity index (χ0v) is 13.5. The minimum Gasteiger partial charge on any atom is -0.481 e. The molecule has 1 heterocycles. The van der Waals surface area contributed by atoms with Gasteiger partial charge in [-0.1, -0.05) is 20.8 Å². The number of hydrogen-bond acceptors (Lipinski definition) is 3. The highest BCUT2D eigenvalue weighted by Gasteiger charge is 2.44. The molecule has 2 amide bonds. The maximum Gasteiger partial charge on any atom is 0.317 e. The Bertz CT molecular complexity index is 358. The molecule has 1 unspecified atom stereocenters. The second kappa shape index (κ2) is 8.22. The number of aliphatic carboxylic acids is 1. The van der Waals surface area contributed by atoms with Crippen LogP contribution in [0.4, 0.5) is 4.79 Å². The highest BCUT2D eigenvalue weighted by molar-refractivity contribution is 5.79. The van der Waals surface area contributed by atoms with E-state index in [1.165, 1.54) is 0 Å². The largest absolute Gasteiger partial charge is 0.481 e. The first kappa shape index (κ1) is 17.8. The summed E-state index contributed by atoms with van der Waals surface area (Å²) in [5.74, 6) is -0.790. The number of likely N-dealkylation sites (tertiary alicyclic amines) is 1. The number of urea groups is 1. The van der Waals surface area contributed by atoms with Crippen molar-refractivity contribution in [1.82, 2.24) is 15.1 Å². The number of rotatable bonds is 8. The first-order chi connectivity index (χ1) is 9.99. The first-order valence-corrected chi connectivity index (χ1v) is 7.97. The molecule has 1 rings (SSSR count). The van der Waals surface area contributed by atoms with Crippen LogP contribution in [0.5, 0.6) is 0 Å². The molecule has 6 nitrogen and oxygen atoms in total. The summed E-state index contributed by atoms with van der Waals surface area (Å²) >= 11 is 0. The molecule has 1 atom stereocenters. The number of nitrogens with zero attached hydrogens (tertiary/aromatic N) is 2. The van der Waals surface area contributed by atoms with Gasteiger partial charge < -0.3 is 20.2 Å². The van der Waals surface area contributed by atoms with Crippen molar-refractivity contribution < 1.29 is 14.7 Å². The van der Waals surface area contributed by atoms with E-state index >= 15 is 0 Å². The molecule has 1 saturated heterocycles. The highest BCUT2D eigenvalue weighted by Crippen LogP contribution is 2.34. The fraction of sp³-hybridized carbons (Fsp3) is 0.867. The van der Waals surface area contributed by atoms with Gasteiger partial charge in [-0.15, -0.1) is 0 Å². The molecular weight excluding hydrogens is 270 g/mol. The molecule has 6 heteroatoms. The van der Waals surface area contributed by atoms with Gasteiger partial charge in [0.05, 0.1) is 5.41 Å². The lowest BCUT2D eigenvalue weighted by Crippen LogP contribution is -2.42. The Morgan fingerprint density at radius 2 is 1.95 bits per heavy atom. The zero-order valence-electron chi connectivity index (χ0n) is 13.5. The topological polar surface area (TPSA) is 72.9 Å². The van der Waals surface area contributed by atoms with E-state index in [2.05, 4.69) is 24.1 Å². The number of carbonyl (C=O) groups excluding carboxylic acids is 1. The smallest absolute Gasteiger partial charge is 0.317 e. The summed E-state index contributed by atoms with van der Waals surface area (Å²) in [5.41, 5.74) is -0.751. The maximum absolute atomic E-state index is 12.1. The minimum atomic E-state index is -0.790. The highest BCUT2D eigenvalue weighted by atomic mass is 16.4. The van der Waals surface area contributed by atoms with Gasteiger partial charge >= 0.3 is 12.0 Å². The van der Waals surface area contributed by atoms with Crippen molar-refractivity contribution in [2.24, 2.45) is 5.41 Å². The Hall–Kier alpha value is -1.30. The van der Waals surface area contributed by atoms with Crippen LogP contribution in [0.25, 0.3) is 0 Å². The average molecular weight is 299 g/mol. The average Bonchev–Trinajstić information content (AvgIpc) is 2.93. The van der Waals surface area contributed by atoms with E-state index in [0.717, 1.165) is 26.1 Å². The summed E-state index contributed by atoms with van der Waals surface area (Å²) in [4.78, 5) is 27.4. The molecule has 122 valence electrons. The molecule has 1 fully saturated rings. The van der Waals surface area contributed by atoms with Gasteiger partial charge in [-0.3, -0.25) is 4.79 Å². The normalized spacial score (nSPS) is 21.8. The van der Waals surface area contributed by atoms with Crippen LogP contribution in [0.2, 0.25) is 0 Å². The summed E-state index contributed by atoms with van der Waals surface area (Å²) in [5, 5.41) is 12.2.